The molecule has 1 heterocycles. The maximum absolute atomic E-state index is 12.4. The van der Waals surface area contributed by atoms with Crippen LogP contribution >= 0.6 is 0 Å². The Balaban J connectivity index is 2.01. The van der Waals surface area contributed by atoms with Gasteiger partial charge in [-0.3, -0.25) is 4.79 Å². The summed E-state index contributed by atoms with van der Waals surface area (Å²) >= 11 is 0. The highest BCUT2D eigenvalue weighted by Crippen LogP contribution is 2.34. The summed E-state index contributed by atoms with van der Waals surface area (Å²) in [6.07, 6.45) is 10.2. The van der Waals surface area contributed by atoms with E-state index in [-0.39, 0.29) is 5.78 Å². The number of Topliss-reactive ketones (excluding diaryl/α,β-unsaturated/α-hetero) is 1. The van der Waals surface area contributed by atoms with Crippen LogP contribution in [-0.4, -0.2) is 12.4 Å². The maximum atomic E-state index is 12.4. The molecule has 0 saturated heterocycles. The number of hydrogen-bond acceptors (Lipinski definition) is 2. The van der Waals surface area contributed by atoms with Crippen LogP contribution in [0.25, 0.3) is 0 Å². The summed E-state index contributed by atoms with van der Waals surface area (Å²) in [6, 6.07) is 0. The molecule has 0 radical (unpaired) electrons. The monoisotopic (exact) mass is 216 g/mol. The highest BCUT2D eigenvalue weighted by atomic mass is 16.5. The largest absolute Gasteiger partial charge is 0.489 e. The molecule has 0 saturated carbocycles. The Labute approximate surface area is 95.7 Å². The minimum absolute atomic E-state index is 0.270. The van der Waals surface area contributed by atoms with Gasteiger partial charge in [-0.05, 0) is 50.2 Å². The van der Waals surface area contributed by atoms with E-state index in [4.69, 9.17) is 4.74 Å². The maximum Gasteiger partial charge on any atom is 0.188 e. The number of carbonyl (C=O) groups excluding carboxylic acids is 1. The molecule has 2 nitrogen and oxygen atoms in total. The van der Waals surface area contributed by atoms with Crippen LogP contribution in [0.2, 0.25) is 0 Å². The van der Waals surface area contributed by atoms with E-state index in [9.17, 15) is 4.79 Å². The molecule has 1 aliphatic heterocycles. The van der Waals surface area contributed by atoms with Gasteiger partial charge in [-0.25, -0.2) is 0 Å². The van der Waals surface area contributed by atoms with Crippen LogP contribution in [0, 0.1) is 0 Å². The van der Waals surface area contributed by atoms with Crippen molar-refractivity contribution in [3.05, 3.63) is 34.6 Å². The SMILES string of the molecule is O=C1C2=C(CCCC2)COC2=C1CCC=C2. The van der Waals surface area contributed by atoms with E-state index in [2.05, 4.69) is 6.08 Å². The average Bonchev–Trinajstić information content (AvgIpc) is 2.49. The number of hydrogen-bond donors (Lipinski definition) is 0. The molecule has 0 atom stereocenters. The fraction of sp³-hybridized carbons (Fsp3) is 0.500. The number of rotatable bonds is 0. The first-order valence-electron chi connectivity index (χ1n) is 6.14. The van der Waals surface area contributed by atoms with Crippen molar-refractivity contribution in [1.82, 2.24) is 0 Å². The average molecular weight is 216 g/mol. The number of allylic oxidation sites excluding steroid dienone is 4. The molecule has 84 valence electrons. The topological polar surface area (TPSA) is 26.3 Å². The predicted molar refractivity (Wildman–Crippen MR) is 61.9 cm³/mol. The quantitative estimate of drug-likeness (QED) is 0.622. The van der Waals surface area contributed by atoms with Crippen LogP contribution in [-0.2, 0) is 9.53 Å². The van der Waals surface area contributed by atoms with Gasteiger partial charge in [0.2, 0.25) is 0 Å². The van der Waals surface area contributed by atoms with Gasteiger partial charge < -0.3 is 4.74 Å². The molecule has 3 rings (SSSR count). The zero-order chi connectivity index (χ0) is 11.0. The third kappa shape index (κ3) is 1.53. The normalized spacial score (nSPS) is 24.9. The smallest absolute Gasteiger partial charge is 0.188 e. The van der Waals surface area contributed by atoms with Crippen LogP contribution in [0.3, 0.4) is 0 Å². The number of carbonyl (C=O) groups is 1. The van der Waals surface area contributed by atoms with E-state index in [1.807, 2.05) is 6.08 Å². The standard InChI is InChI=1S/C14H16O2/c15-14-11-6-2-1-5-10(11)9-16-13-8-4-3-7-12(13)14/h4,8H,1-3,5-7,9H2. The van der Waals surface area contributed by atoms with Crippen LogP contribution < -0.4 is 0 Å². The van der Waals surface area contributed by atoms with Crippen molar-refractivity contribution in [3.8, 4) is 0 Å². The van der Waals surface area contributed by atoms with Crippen molar-refractivity contribution in [2.24, 2.45) is 0 Å². The summed E-state index contributed by atoms with van der Waals surface area (Å²) in [6.45, 7) is 0.629. The molecule has 0 unspecified atom stereocenters. The zero-order valence-electron chi connectivity index (χ0n) is 9.42. The van der Waals surface area contributed by atoms with Crippen LogP contribution in [0.15, 0.2) is 34.6 Å². The second-order valence-corrected chi connectivity index (χ2v) is 4.69. The summed E-state index contributed by atoms with van der Waals surface area (Å²) < 4.78 is 5.76. The van der Waals surface area contributed by atoms with E-state index in [1.165, 1.54) is 12.0 Å². The Hall–Kier alpha value is -1.31. The highest BCUT2D eigenvalue weighted by molar-refractivity contribution is 6.09. The van der Waals surface area contributed by atoms with Gasteiger partial charge in [0.05, 0.1) is 0 Å². The third-order valence-corrected chi connectivity index (χ3v) is 3.66. The molecule has 0 fully saturated rings. The van der Waals surface area contributed by atoms with Crippen molar-refractivity contribution in [3.63, 3.8) is 0 Å². The van der Waals surface area contributed by atoms with Crippen molar-refractivity contribution >= 4 is 5.78 Å². The van der Waals surface area contributed by atoms with Gasteiger partial charge >= 0.3 is 0 Å². The second-order valence-electron chi connectivity index (χ2n) is 4.69. The molecule has 16 heavy (non-hydrogen) atoms. The minimum Gasteiger partial charge on any atom is -0.489 e. The molecular formula is C14H16O2. The first-order valence-corrected chi connectivity index (χ1v) is 6.14. The van der Waals surface area contributed by atoms with Gasteiger partial charge in [0.25, 0.3) is 0 Å². The Kier molecular flexibility index (Phi) is 2.43. The molecule has 0 N–H and O–H groups in total. The molecule has 0 aromatic rings. The molecule has 3 aliphatic rings. The summed E-state index contributed by atoms with van der Waals surface area (Å²) in [5.74, 6) is 1.09. The Morgan fingerprint density at radius 1 is 1.06 bits per heavy atom. The summed E-state index contributed by atoms with van der Waals surface area (Å²) in [4.78, 5) is 12.4. The molecule has 2 heteroatoms. The van der Waals surface area contributed by atoms with Gasteiger partial charge in [0.15, 0.2) is 5.78 Å². The van der Waals surface area contributed by atoms with Crippen molar-refractivity contribution in [2.75, 3.05) is 6.61 Å². The van der Waals surface area contributed by atoms with Gasteiger partial charge in [-0.2, -0.15) is 0 Å². The second kappa shape index (κ2) is 3.93. The first kappa shape index (κ1) is 9.88. The number of ketones is 1. The van der Waals surface area contributed by atoms with Crippen molar-refractivity contribution in [1.29, 1.82) is 0 Å². The summed E-state index contributed by atoms with van der Waals surface area (Å²) in [5, 5.41) is 0. The highest BCUT2D eigenvalue weighted by Gasteiger charge is 2.28. The Morgan fingerprint density at radius 2 is 1.94 bits per heavy atom. The summed E-state index contributed by atoms with van der Waals surface area (Å²) in [7, 11) is 0. The lowest BCUT2D eigenvalue weighted by Crippen LogP contribution is -2.12. The van der Waals surface area contributed by atoms with E-state index >= 15 is 0 Å². The predicted octanol–water partition coefficient (Wildman–Crippen LogP) is 3.06. The fourth-order valence-corrected chi connectivity index (χ4v) is 2.75. The van der Waals surface area contributed by atoms with Crippen molar-refractivity contribution < 1.29 is 9.53 Å². The Morgan fingerprint density at radius 3 is 2.88 bits per heavy atom. The Bertz CT molecular complexity index is 424. The lowest BCUT2D eigenvalue weighted by atomic mass is 9.86. The molecule has 2 aliphatic carbocycles. The van der Waals surface area contributed by atoms with E-state index in [0.29, 0.717) is 6.61 Å². The molecule has 0 amide bonds. The lowest BCUT2D eigenvalue weighted by Gasteiger charge is -2.17. The van der Waals surface area contributed by atoms with E-state index in [0.717, 1.165) is 49.0 Å². The molecule has 0 aromatic carbocycles. The molecule has 0 spiro atoms. The number of ether oxygens (including phenoxy) is 1. The molecule has 0 bridgehead atoms. The van der Waals surface area contributed by atoms with E-state index < -0.39 is 0 Å². The molecule has 0 aromatic heterocycles. The van der Waals surface area contributed by atoms with Gasteiger partial charge in [-0.15, -0.1) is 0 Å². The third-order valence-electron chi connectivity index (χ3n) is 3.66. The summed E-state index contributed by atoms with van der Waals surface area (Å²) in [5.41, 5.74) is 3.22. The van der Waals surface area contributed by atoms with Gasteiger partial charge in [0.1, 0.15) is 12.4 Å². The van der Waals surface area contributed by atoms with E-state index in [1.54, 1.807) is 0 Å². The van der Waals surface area contributed by atoms with Crippen LogP contribution in [0.1, 0.15) is 38.5 Å². The van der Waals surface area contributed by atoms with Crippen molar-refractivity contribution in [2.45, 2.75) is 38.5 Å². The van der Waals surface area contributed by atoms with Crippen LogP contribution in [0.5, 0.6) is 0 Å². The van der Waals surface area contributed by atoms with Gasteiger partial charge in [0, 0.05) is 11.1 Å². The van der Waals surface area contributed by atoms with Crippen LogP contribution in [0.4, 0.5) is 0 Å². The fourth-order valence-electron chi connectivity index (χ4n) is 2.75. The molecular weight excluding hydrogens is 200 g/mol. The minimum atomic E-state index is 0.270. The first-order chi connectivity index (χ1) is 7.86. The zero-order valence-corrected chi connectivity index (χ0v) is 9.42. The van der Waals surface area contributed by atoms with Gasteiger partial charge in [-0.1, -0.05) is 6.08 Å². The lowest BCUT2D eigenvalue weighted by molar-refractivity contribution is -0.112.